The molecular formula is C25H28N4O4. The number of aromatic nitrogens is 2. The van der Waals surface area contributed by atoms with E-state index in [0.717, 1.165) is 27.8 Å². The van der Waals surface area contributed by atoms with Crippen LogP contribution in [0.25, 0.3) is 22.3 Å². The van der Waals surface area contributed by atoms with Crippen molar-refractivity contribution in [1.82, 2.24) is 14.9 Å². The van der Waals surface area contributed by atoms with Gasteiger partial charge < -0.3 is 24.0 Å². The molecule has 2 aromatic carbocycles. The first-order chi connectivity index (χ1) is 16.0. The third kappa shape index (κ3) is 4.25. The van der Waals surface area contributed by atoms with Gasteiger partial charge in [-0.2, -0.15) is 0 Å². The molecule has 3 heterocycles. The summed E-state index contributed by atoms with van der Waals surface area (Å²) in [5, 5.41) is 0.991. The number of rotatable bonds is 4. The molecule has 0 unspecified atom stereocenters. The summed E-state index contributed by atoms with van der Waals surface area (Å²) in [4.78, 5) is 26.2. The fourth-order valence-corrected chi connectivity index (χ4v) is 4.12. The lowest BCUT2D eigenvalue weighted by molar-refractivity contribution is 0.0901. The number of hydrogen-bond acceptors (Lipinski definition) is 7. The highest BCUT2D eigenvalue weighted by molar-refractivity contribution is 5.92. The lowest BCUT2D eigenvalue weighted by Crippen LogP contribution is -2.49. The van der Waals surface area contributed by atoms with Crippen LogP contribution in [-0.2, 0) is 4.74 Å². The summed E-state index contributed by atoms with van der Waals surface area (Å²) in [7, 11) is 0. The third-order valence-electron chi connectivity index (χ3n) is 5.85. The number of anilines is 1. The molecule has 172 valence electrons. The molecule has 0 spiro atoms. The van der Waals surface area contributed by atoms with Crippen LogP contribution in [0.2, 0.25) is 0 Å². The maximum atomic E-state index is 12.4. The molecule has 2 aliphatic heterocycles. The van der Waals surface area contributed by atoms with Crippen LogP contribution in [0.4, 0.5) is 10.6 Å². The molecule has 0 saturated carbocycles. The highest BCUT2D eigenvalue weighted by Crippen LogP contribution is 2.41. The average molecular weight is 449 g/mol. The Balaban J connectivity index is 1.46. The molecule has 0 atom stereocenters. The third-order valence-corrected chi connectivity index (χ3v) is 5.85. The van der Waals surface area contributed by atoms with Gasteiger partial charge in [-0.3, -0.25) is 0 Å². The van der Waals surface area contributed by atoms with Gasteiger partial charge in [0.25, 0.3) is 0 Å². The maximum Gasteiger partial charge on any atom is 0.409 e. The zero-order valence-electron chi connectivity index (χ0n) is 19.2. The topological polar surface area (TPSA) is 77.0 Å². The van der Waals surface area contributed by atoms with Gasteiger partial charge >= 0.3 is 6.09 Å². The number of para-hydroxylation sites is 1. The van der Waals surface area contributed by atoms with Crippen molar-refractivity contribution in [2.75, 3.05) is 44.5 Å². The highest BCUT2D eigenvalue weighted by Gasteiger charge is 2.26. The number of ether oxygens (including phenoxy) is 3. The number of hydrogen-bond donors (Lipinski definition) is 0. The van der Waals surface area contributed by atoms with Crippen molar-refractivity contribution in [3.05, 3.63) is 42.0 Å². The van der Waals surface area contributed by atoms with Gasteiger partial charge in [0.05, 0.1) is 17.7 Å². The Kier molecular flexibility index (Phi) is 5.66. The van der Waals surface area contributed by atoms with Crippen LogP contribution in [0.15, 0.2) is 36.4 Å². The average Bonchev–Trinajstić information content (AvgIpc) is 3.31. The van der Waals surface area contributed by atoms with E-state index in [0.29, 0.717) is 56.0 Å². The maximum absolute atomic E-state index is 12.4. The summed E-state index contributed by atoms with van der Waals surface area (Å²) < 4.78 is 16.7. The molecule has 0 aliphatic carbocycles. The monoisotopic (exact) mass is 448 g/mol. The van der Waals surface area contributed by atoms with E-state index in [1.54, 1.807) is 4.90 Å². The molecule has 5 rings (SSSR count). The summed E-state index contributed by atoms with van der Waals surface area (Å²) in [5.41, 5.74) is 2.82. The molecule has 1 fully saturated rings. The summed E-state index contributed by atoms with van der Waals surface area (Å²) in [6.07, 6.45) is -0.246. The zero-order chi connectivity index (χ0) is 22.9. The fraction of sp³-hybridized carbons (Fsp3) is 0.400. The molecule has 8 heteroatoms. The number of benzene rings is 2. The van der Waals surface area contributed by atoms with Gasteiger partial charge in [0.1, 0.15) is 5.82 Å². The minimum atomic E-state index is -0.246. The van der Waals surface area contributed by atoms with Crippen LogP contribution in [0.1, 0.15) is 19.4 Å². The Morgan fingerprint density at radius 3 is 2.70 bits per heavy atom. The molecule has 33 heavy (non-hydrogen) atoms. The fourth-order valence-electron chi connectivity index (χ4n) is 4.12. The van der Waals surface area contributed by atoms with Gasteiger partial charge in [-0.15, -0.1) is 0 Å². The Morgan fingerprint density at radius 2 is 1.91 bits per heavy atom. The molecule has 8 nitrogen and oxygen atoms in total. The van der Waals surface area contributed by atoms with Gasteiger partial charge in [-0.1, -0.05) is 26.0 Å². The van der Waals surface area contributed by atoms with E-state index in [2.05, 4.69) is 30.0 Å². The molecule has 0 bridgehead atoms. The molecule has 2 aliphatic rings. The molecule has 0 radical (unpaired) electrons. The first-order valence-electron chi connectivity index (χ1n) is 11.3. The molecule has 1 aromatic heterocycles. The van der Waals surface area contributed by atoms with Crippen molar-refractivity contribution in [1.29, 1.82) is 0 Å². The van der Waals surface area contributed by atoms with E-state index in [9.17, 15) is 4.79 Å². The van der Waals surface area contributed by atoms with Crippen molar-refractivity contribution in [2.45, 2.75) is 20.8 Å². The zero-order valence-corrected chi connectivity index (χ0v) is 19.2. The number of nitrogens with zero attached hydrogens (tertiary/aromatic N) is 4. The van der Waals surface area contributed by atoms with E-state index in [1.807, 2.05) is 32.0 Å². The first kappa shape index (κ1) is 21.3. The van der Waals surface area contributed by atoms with Gasteiger partial charge in [-0.05, 0) is 42.7 Å². The van der Waals surface area contributed by atoms with E-state index >= 15 is 0 Å². The highest BCUT2D eigenvalue weighted by atomic mass is 16.7. The molecule has 1 amide bonds. The Morgan fingerprint density at radius 1 is 1.09 bits per heavy atom. The van der Waals surface area contributed by atoms with E-state index in [4.69, 9.17) is 24.2 Å². The van der Waals surface area contributed by atoms with Gasteiger partial charge in [0.15, 0.2) is 17.3 Å². The summed E-state index contributed by atoms with van der Waals surface area (Å²) >= 11 is 0. The Labute approximate surface area is 193 Å². The standard InChI is InChI=1S/C25H28N4O4/c1-16(2)14-31-25(30)29-11-9-28(10-12-29)24-18-8-7-17(3)13-20(18)26-23(27-24)19-5-4-6-21-22(19)33-15-32-21/h4-8,13,16H,9-12,14-15H2,1-3H3. The smallest absolute Gasteiger partial charge is 0.409 e. The van der Waals surface area contributed by atoms with Gasteiger partial charge in [0, 0.05) is 31.6 Å². The predicted octanol–water partition coefficient (Wildman–Crippen LogP) is 4.25. The second kappa shape index (κ2) is 8.77. The van der Waals surface area contributed by atoms with E-state index in [1.165, 1.54) is 0 Å². The molecule has 3 aromatic rings. The number of aryl methyl sites for hydroxylation is 1. The lowest BCUT2D eigenvalue weighted by atomic mass is 10.1. The minimum Gasteiger partial charge on any atom is -0.454 e. The number of fused-ring (bicyclic) bond motifs is 2. The van der Waals surface area contributed by atoms with Crippen LogP contribution in [0.5, 0.6) is 11.5 Å². The van der Waals surface area contributed by atoms with Crippen molar-refractivity contribution >= 4 is 22.8 Å². The van der Waals surface area contributed by atoms with E-state index < -0.39 is 0 Å². The quantitative estimate of drug-likeness (QED) is 0.591. The van der Waals surface area contributed by atoms with Crippen molar-refractivity contribution in [3.63, 3.8) is 0 Å². The molecule has 1 saturated heterocycles. The van der Waals surface area contributed by atoms with Crippen molar-refractivity contribution < 1.29 is 19.0 Å². The van der Waals surface area contributed by atoms with Crippen LogP contribution in [0.3, 0.4) is 0 Å². The summed E-state index contributed by atoms with van der Waals surface area (Å²) in [5.74, 6) is 3.16. The van der Waals surface area contributed by atoms with Gasteiger partial charge in [0.2, 0.25) is 6.79 Å². The SMILES string of the molecule is Cc1ccc2c(N3CCN(C(=O)OCC(C)C)CC3)nc(-c3cccc4c3OCO4)nc2c1. The minimum absolute atomic E-state index is 0.195. The summed E-state index contributed by atoms with van der Waals surface area (Å²) in [6.45, 7) is 9.26. The molecular weight excluding hydrogens is 420 g/mol. The number of carbonyl (C=O) groups excluding carboxylic acids is 1. The molecule has 0 N–H and O–H groups in total. The predicted molar refractivity (Wildman–Crippen MR) is 126 cm³/mol. The van der Waals surface area contributed by atoms with Crippen molar-refractivity contribution in [2.24, 2.45) is 5.92 Å². The number of piperazine rings is 1. The van der Waals surface area contributed by atoms with Crippen LogP contribution < -0.4 is 14.4 Å². The second-order valence-corrected chi connectivity index (χ2v) is 8.88. The van der Waals surface area contributed by atoms with Crippen LogP contribution in [0, 0.1) is 12.8 Å². The largest absolute Gasteiger partial charge is 0.454 e. The normalized spacial score (nSPS) is 15.4. The van der Waals surface area contributed by atoms with Crippen molar-refractivity contribution in [3.8, 4) is 22.9 Å². The summed E-state index contributed by atoms with van der Waals surface area (Å²) in [6, 6.07) is 12.0. The first-order valence-corrected chi connectivity index (χ1v) is 11.3. The lowest BCUT2D eigenvalue weighted by Gasteiger charge is -2.35. The second-order valence-electron chi connectivity index (χ2n) is 8.88. The van der Waals surface area contributed by atoms with Crippen LogP contribution in [-0.4, -0.2) is 60.5 Å². The Bertz CT molecular complexity index is 1190. The number of carbonyl (C=O) groups is 1. The van der Waals surface area contributed by atoms with Gasteiger partial charge in [-0.25, -0.2) is 14.8 Å². The Hall–Kier alpha value is -3.55. The number of amides is 1. The van der Waals surface area contributed by atoms with Crippen LogP contribution >= 0.6 is 0 Å². The van der Waals surface area contributed by atoms with E-state index in [-0.39, 0.29) is 12.9 Å².